The van der Waals surface area contributed by atoms with Gasteiger partial charge in [-0.2, -0.15) is 0 Å². The number of hydrogen-bond acceptors (Lipinski definition) is 4. The minimum atomic E-state index is 0.288. The molecule has 0 atom stereocenters. The van der Waals surface area contributed by atoms with Gasteiger partial charge in [-0.25, -0.2) is 4.98 Å². The van der Waals surface area contributed by atoms with Crippen LogP contribution in [0.15, 0.2) is 24.3 Å². The molecule has 1 aromatic heterocycles. The van der Waals surface area contributed by atoms with Gasteiger partial charge in [-0.1, -0.05) is 27.7 Å². The lowest BCUT2D eigenvalue weighted by Gasteiger charge is -2.09. The summed E-state index contributed by atoms with van der Waals surface area (Å²) in [5.41, 5.74) is 2.23. The van der Waals surface area contributed by atoms with E-state index in [1.54, 1.807) is 23.5 Å². The lowest BCUT2D eigenvalue weighted by atomic mass is 10.1. The van der Waals surface area contributed by atoms with Gasteiger partial charge in [0, 0.05) is 23.0 Å². The van der Waals surface area contributed by atoms with Crippen molar-refractivity contribution in [1.82, 2.24) is 10.3 Å². The Bertz CT molecular complexity index is 558. The van der Waals surface area contributed by atoms with Crippen molar-refractivity contribution >= 4 is 11.3 Å². The van der Waals surface area contributed by atoms with Crippen molar-refractivity contribution in [2.45, 2.75) is 46.2 Å². The van der Waals surface area contributed by atoms with Gasteiger partial charge in [-0.15, -0.1) is 11.3 Å². The number of phenols is 1. The van der Waals surface area contributed by atoms with Crippen molar-refractivity contribution in [3.05, 3.63) is 34.8 Å². The minimum Gasteiger partial charge on any atom is -0.508 e. The molecule has 3 nitrogen and oxygen atoms in total. The number of hydrogen-bond donors (Lipinski definition) is 2. The van der Waals surface area contributed by atoms with Crippen molar-refractivity contribution in [2.75, 3.05) is 0 Å². The second-order valence-corrected chi connectivity index (χ2v) is 6.65. The number of aromatic nitrogens is 1. The summed E-state index contributed by atoms with van der Waals surface area (Å²) < 4.78 is 0. The van der Waals surface area contributed by atoms with Crippen molar-refractivity contribution in [3.63, 3.8) is 0 Å². The molecule has 0 aliphatic heterocycles. The Morgan fingerprint density at radius 2 is 1.80 bits per heavy atom. The molecule has 0 spiro atoms. The number of benzene rings is 1. The third-order valence-electron chi connectivity index (χ3n) is 3.06. The summed E-state index contributed by atoms with van der Waals surface area (Å²) in [4.78, 5) is 6.09. The normalized spacial score (nSPS) is 11.5. The van der Waals surface area contributed by atoms with Gasteiger partial charge in [-0.3, -0.25) is 0 Å². The summed E-state index contributed by atoms with van der Waals surface area (Å²) in [7, 11) is 0. The lowest BCUT2D eigenvalue weighted by Crippen LogP contribution is -2.22. The molecule has 0 radical (unpaired) electrons. The van der Waals surface area contributed by atoms with E-state index in [4.69, 9.17) is 4.98 Å². The summed E-state index contributed by atoms with van der Waals surface area (Å²) in [5, 5.41) is 13.9. The summed E-state index contributed by atoms with van der Waals surface area (Å²) in [5.74, 6) is 0.706. The Kier molecular flexibility index (Phi) is 4.78. The van der Waals surface area contributed by atoms with E-state index in [-0.39, 0.29) is 5.75 Å². The fourth-order valence-corrected chi connectivity index (χ4v) is 3.14. The highest BCUT2D eigenvalue weighted by molar-refractivity contribution is 7.15. The monoisotopic (exact) mass is 290 g/mol. The van der Waals surface area contributed by atoms with Crippen LogP contribution in [-0.2, 0) is 6.54 Å². The van der Waals surface area contributed by atoms with Crippen molar-refractivity contribution in [3.8, 4) is 16.3 Å². The first-order valence-electron chi connectivity index (χ1n) is 6.99. The number of nitrogens with zero attached hydrogens (tertiary/aromatic N) is 1. The molecule has 0 unspecified atom stereocenters. The molecule has 0 saturated heterocycles. The fraction of sp³-hybridized carbons (Fsp3) is 0.438. The Hall–Kier alpha value is -1.39. The van der Waals surface area contributed by atoms with E-state index in [9.17, 15) is 5.11 Å². The summed E-state index contributed by atoms with van der Waals surface area (Å²) in [6.07, 6.45) is 0. The van der Waals surface area contributed by atoms with Gasteiger partial charge in [-0.05, 0) is 30.2 Å². The van der Waals surface area contributed by atoms with E-state index in [1.165, 1.54) is 10.6 Å². The molecule has 2 aromatic rings. The molecule has 1 aromatic carbocycles. The smallest absolute Gasteiger partial charge is 0.123 e. The third kappa shape index (κ3) is 3.58. The molecule has 0 aliphatic rings. The molecule has 0 bridgehead atoms. The summed E-state index contributed by atoms with van der Waals surface area (Å²) in [6.45, 7) is 9.51. The van der Waals surface area contributed by atoms with E-state index < -0.39 is 0 Å². The fourth-order valence-electron chi connectivity index (χ4n) is 1.97. The molecule has 0 fully saturated rings. The predicted octanol–water partition coefficient (Wildman–Crippen LogP) is 4.14. The van der Waals surface area contributed by atoms with Gasteiger partial charge < -0.3 is 10.4 Å². The van der Waals surface area contributed by atoms with Crippen molar-refractivity contribution in [2.24, 2.45) is 0 Å². The summed E-state index contributed by atoms with van der Waals surface area (Å²) >= 11 is 1.73. The van der Waals surface area contributed by atoms with E-state index in [2.05, 4.69) is 33.0 Å². The Morgan fingerprint density at radius 1 is 1.15 bits per heavy atom. The van der Waals surface area contributed by atoms with Crippen LogP contribution in [0.2, 0.25) is 0 Å². The van der Waals surface area contributed by atoms with E-state index in [1.807, 2.05) is 12.1 Å². The van der Waals surface area contributed by atoms with Crippen LogP contribution < -0.4 is 5.32 Å². The highest BCUT2D eigenvalue weighted by atomic mass is 32.1. The molecular weight excluding hydrogens is 268 g/mol. The van der Waals surface area contributed by atoms with Crippen LogP contribution in [0.3, 0.4) is 0 Å². The molecular formula is C16H22N2OS. The largest absolute Gasteiger partial charge is 0.508 e. The van der Waals surface area contributed by atoms with Crippen molar-refractivity contribution < 1.29 is 5.11 Å². The molecule has 1 heterocycles. The number of aromatic hydroxyl groups is 1. The molecule has 2 rings (SSSR count). The van der Waals surface area contributed by atoms with Crippen LogP contribution in [0.1, 0.15) is 44.2 Å². The van der Waals surface area contributed by atoms with Gasteiger partial charge in [0.05, 0.1) is 5.69 Å². The Balaban J connectivity index is 2.30. The molecule has 4 heteroatoms. The van der Waals surface area contributed by atoms with Crippen LogP contribution in [-0.4, -0.2) is 16.1 Å². The molecule has 0 saturated carbocycles. The van der Waals surface area contributed by atoms with Crippen LogP contribution in [0.4, 0.5) is 0 Å². The van der Waals surface area contributed by atoms with Crippen LogP contribution in [0.5, 0.6) is 5.75 Å². The lowest BCUT2D eigenvalue weighted by molar-refractivity contribution is 0.475. The maximum atomic E-state index is 9.37. The predicted molar refractivity (Wildman–Crippen MR) is 85.3 cm³/mol. The first-order valence-corrected chi connectivity index (χ1v) is 7.81. The number of thiazole rings is 1. The van der Waals surface area contributed by atoms with Crippen LogP contribution >= 0.6 is 11.3 Å². The van der Waals surface area contributed by atoms with Crippen molar-refractivity contribution in [1.29, 1.82) is 0 Å². The van der Waals surface area contributed by atoms with E-state index in [0.717, 1.165) is 17.1 Å². The van der Waals surface area contributed by atoms with E-state index >= 15 is 0 Å². The second kappa shape index (κ2) is 6.37. The average Bonchev–Trinajstić information content (AvgIpc) is 2.81. The van der Waals surface area contributed by atoms with Crippen LogP contribution in [0, 0.1) is 0 Å². The maximum absolute atomic E-state index is 9.37. The van der Waals surface area contributed by atoms with Gasteiger partial charge in [0.25, 0.3) is 0 Å². The Morgan fingerprint density at radius 3 is 2.35 bits per heavy atom. The first kappa shape index (κ1) is 15.0. The molecule has 2 N–H and O–H groups in total. The zero-order chi connectivity index (χ0) is 14.7. The molecule has 0 amide bonds. The standard InChI is InChI=1S/C16H22N2OS/c1-10(2)15-14(9-17-11(3)4)20-16(18-15)12-5-7-13(19)8-6-12/h5-8,10-11,17,19H,9H2,1-4H3. The third-order valence-corrected chi connectivity index (χ3v) is 4.18. The number of phenolic OH excluding ortho intramolecular Hbond substituents is 1. The zero-order valence-electron chi connectivity index (χ0n) is 12.5. The van der Waals surface area contributed by atoms with Gasteiger partial charge >= 0.3 is 0 Å². The highest BCUT2D eigenvalue weighted by Gasteiger charge is 2.15. The molecule has 0 aliphatic carbocycles. The number of nitrogens with one attached hydrogen (secondary N) is 1. The molecule has 108 valence electrons. The topological polar surface area (TPSA) is 45.1 Å². The summed E-state index contributed by atoms with van der Waals surface area (Å²) in [6, 6.07) is 7.71. The van der Waals surface area contributed by atoms with Gasteiger partial charge in [0.15, 0.2) is 0 Å². The van der Waals surface area contributed by atoms with Gasteiger partial charge in [0.2, 0.25) is 0 Å². The number of rotatable bonds is 5. The minimum absolute atomic E-state index is 0.288. The Labute approximate surface area is 124 Å². The second-order valence-electron chi connectivity index (χ2n) is 5.56. The SMILES string of the molecule is CC(C)NCc1sc(-c2ccc(O)cc2)nc1C(C)C. The van der Waals surface area contributed by atoms with Gasteiger partial charge in [0.1, 0.15) is 10.8 Å². The average molecular weight is 290 g/mol. The maximum Gasteiger partial charge on any atom is 0.123 e. The quantitative estimate of drug-likeness (QED) is 0.870. The first-order chi connectivity index (χ1) is 9.47. The van der Waals surface area contributed by atoms with E-state index in [0.29, 0.717) is 12.0 Å². The molecule has 20 heavy (non-hydrogen) atoms. The highest BCUT2D eigenvalue weighted by Crippen LogP contribution is 2.32. The zero-order valence-corrected chi connectivity index (χ0v) is 13.3. The van der Waals surface area contributed by atoms with Crippen LogP contribution in [0.25, 0.3) is 10.6 Å².